The SMILES string of the molecule is C=C/C=C(\C)n1ncc2c(N)nc(SCCC(N)=O)nc21.C=CC. The number of carbonyl (C=O) groups excluding carboxylic acids is 1. The van der Waals surface area contributed by atoms with E-state index in [4.69, 9.17) is 11.5 Å². The summed E-state index contributed by atoms with van der Waals surface area (Å²) in [6.07, 6.45) is 7.14. The predicted octanol–water partition coefficient (Wildman–Crippen LogP) is 2.62. The van der Waals surface area contributed by atoms with Crippen molar-refractivity contribution in [1.29, 1.82) is 0 Å². The maximum atomic E-state index is 10.8. The van der Waals surface area contributed by atoms with Crippen molar-refractivity contribution in [2.75, 3.05) is 11.5 Å². The van der Waals surface area contributed by atoms with Crippen LogP contribution in [0.1, 0.15) is 20.3 Å². The first kappa shape index (κ1) is 19.4. The molecule has 0 saturated heterocycles. The molecular weight excluding hydrogens is 324 g/mol. The molecule has 0 fully saturated rings. The number of amides is 1. The van der Waals surface area contributed by atoms with Gasteiger partial charge in [-0.05, 0) is 19.9 Å². The maximum absolute atomic E-state index is 10.8. The number of nitrogens with two attached hydrogens (primary N) is 2. The van der Waals surface area contributed by atoms with Gasteiger partial charge in [-0.3, -0.25) is 4.79 Å². The molecule has 0 saturated carbocycles. The molecule has 1 amide bonds. The van der Waals surface area contributed by atoms with Gasteiger partial charge in [-0.1, -0.05) is 30.5 Å². The normalized spacial score (nSPS) is 10.8. The van der Waals surface area contributed by atoms with Gasteiger partial charge in [0, 0.05) is 17.9 Å². The lowest BCUT2D eigenvalue weighted by Gasteiger charge is -2.05. The number of carbonyl (C=O) groups is 1. The molecule has 0 aliphatic rings. The first-order valence-electron chi connectivity index (χ1n) is 7.23. The standard InChI is InChI=1S/C13H16N6OS.C3H6/c1-3-4-8(2)19-12-9(7-16-19)11(15)17-13(18-12)21-6-5-10(14)20;1-3-2/h3-4,7H,1,5-6H2,2H3,(H2,14,20)(H2,15,17,18);3H,1H2,2H3/b8-4+;. The van der Waals surface area contributed by atoms with E-state index in [-0.39, 0.29) is 12.3 Å². The van der Waals surface area contributed by atoms with Gasteiger partial charge in [0.1, 0.15) is 5.82 Å². The topological polar surface area (TPSA) is 113 Å². The van der Waals surface area contributed by atoms with E-state index in [9.17, 15) is 4.79 Å². The second-order valence-corrected chi connectivity index (χ2v) is 5.76. The lowest BCUT2D eigenvalue weighted by molar-refractivity contribution is -0.117. The summed E-state index contributed by atoms with van der Waals surface area (Å²) in [5.41, 5.74) is 12.5. The highest BCUT2D eigenvalue weighted by Crippen LogP contribution is 2.24. The third-order valence-corrected chi connectivity index (χ3v) is 3.56. The zero-order valence-electron chi connectivity index (χ0n) is 13.9. The molecule has 24 heavy (non-hydrogen) atoms. The van der Waals surface area contributed by atoms with Crippen LogP contribution in [0.4, 0.5) is 5.82 Å². The first-order chi connectivity index (χ1) is 11.4. The summed E-state index contributed by atoms with van der Waals surface area (Å²) < 4.78 is 1.67. The minimum atomic E-state index is -0.355. The number of primary amides is 1. The summed E-state index contributed by atoms with van der Waals surface area (Å²) in [4.78, 5) is 19.4. The van der Waals surface area contributed by atoms with E-state index in [1.807, 2.05) is 19.9 Å². The number of allylic oxidation sites excluding steroid dienone is 4. The third-order valence-electron chi connectivity index (χ3n) is 2.71. The number of rotatable bonds is 6. The molecule has 4 N–H and O–H groups in total. The number of thioether (sulfide) groups is 1. The van der Waals surface area contributed by atoms with Crippen LogP contribution in [0.2, 0.25) is 0 Å². The zero-order chi connectivity index (χ0) is 18.1. The molecule has 7 nitrogen and oxygen atoms in total. The van der Waals surface area contributed by atoms with Crippen molar-refractivity contribution in [3.8, 4) is 0 Å². The van der Waals surface area contributed by atoms with Crippen molar-refractivity contribution >= 4 is 40.2 Å². The Hall–Kier alpha value is -2.61. The summed E-state index contributed by atoms with van der Waals surface area (Å²) in [6.45, 7) is 10.8. The third kappa shape index (κ3) is 5.24. The monoisotopic (exact) mass is 346 g/mol. The van der Waals surface area contributed by atoms with E-state index in [0.717, 1.165) is 5.70 Å². The van der Waals surface area contributed by atoms with E-state index < -0.39 is 0 Å². The number of hydrogen-bond donors (Lipinski definition) is 2. The van der Waals surface area contributed by atoms with Gasteiger partial charge in [0.15, 0.2) is 10.8 Å². The quantitative estimate of drug-likeness (QED) is 0.360. The van der Waals surface area contributed by atoms with Crippen LogP contribution >= 0.6 is 11.8 Å². The van der Waals surface area contributed by atoms with Gasteiger partial charge in [-0.15, -0.1) is 6.58 Å². The van der Waals surface area contributed by atoms with Crippen LogP contribution in [-0.4, -0.2) is 31.4 Å². The molecular formula is C16H22N6OS. The van der Waals surface area contributed by atoms with E-state index in [1.165, 1.54) is 11.8 Å². The molecule has 0 atom stereocenters. The fourth-order valence-electron chi connectivity index (χ4n) is 1.72. The van der Waals surface area contributed by atoms with Gasteiger partial charge in [-0.2, -0.15) is 5.10 Å². The Morgan fingerprint density at radius 2 is 2.08 bits per heavy atom. The number of nitrogens with zero attached hydrogens (tertiary/aromatic N) is 4. The molecule has 0 bridgehead atoms. The highest BCUT2D eigenvalue weighted by Gasteiger charge is 2.12. The zero-order valence-corrected chi connectivity index (χ0v) is 14.7. The summed E-state index contributed by atoms with van der Waals surface area (Å²) in [5, 5.41) is 5.44. The van der Waals surface area contributed by atoms with Crippen molar-refractivity contribution in [2.45, 2.75) is 25.4 Å². The Labute approximate surface area is 145 Å². The van der Waals surface area contributed by atoms with Gasteiger partial charge < -0.3 is 11.5 Å². The molecule has 0 radical (unpaired) electrons. The van der Waals surface area contributed by atoms with Crippen molar-refractivity contribution in [3.05, 3.63) is 37.6 Å². The van der Waals surface area contributed by atoms with Gasteiger partial charge in [0.25, 0.3) is 0 Å². The number of hydrogen-bond acceptors (Lipinski definition) is 6. The largest absolute Gasteiger partial charge is 0.383 e. The average molecular weight is 346 g/mol. The van der Waals surface area contributed by atoms with Gasteiger partial charge >= 0.3 is 0 Å². The van der Waals surface area contributed by atoms with E-state index in [1.54, 1.807) is 23.0 Å². The Balaban J connectivity index is 0.000000891. The summed E-state index contributed by atoms with van der Waals surface area (Å²) in [5.74, 6) is 0.515. The Bertz CT molecular complexity index is 765. The van der Waals surface area contributed by atoms with Crippen LogP contribution in [0.25, 0.3) is 16.7 Å². The lowest BCUT2D eigenvalue weighted by atomic mass is 10.4. The second-order valence-electron chi connectivity index (χ2n) is 4.70. The van der Waals surface area contributed by atoms with Crippen LogP contribution in [0.15, 0.2) is 42.7 Å². The second kappa shape index (κ2) is 9.51. The maximum Gasteiger partial charge on any atom is 0.218 e. The minimum Gasteiger partial charge on any atom is -0.383 e. The summed E-state index contributed by atoms with van der Waals surface area (Å²) >= 11 is 1.33. The van der Waals surface area contributed by atoms with Gasteiger partial charge in [0.2, 0.25) is 5.91 Å². The minimum absolute atomic E-state index is 0.265. The fraction of sp³-hybridized carbons (Fsp3) is 0.250. The average Bonchev–Trinajstić information content (AvgIpc) is 2.92. The molecule has 128 valence electrons. The molecule has 0 unspecified atom stereocenters. The van der Waals surface area contributed by atoms with Crippen LogP contribution in [0.5, 0.6) is 0 Å². The highest BCUT2D eigenvalue weighted by atomic mass is 32.2. The molecule has 2 aromatic rings. The van der Waals surface area contributed by atoms with Gasteiger partial charge in [-0.25, -0.2) is 14.6 Å². The summed E-state index contributed by atoms with van der Waals surface area (Å²) in [6, 6.07) is 0. The number of aromatic nitrogens is 4. The van der Waals surface area contributed by atoms with Crippen molar-refractivity contribution in [3.63, 3.8) is 0 Å². The van der Waals surface area contributed by atoms with Crippen molar-refractivity contribution in [2.24, 2.45) is 5.73 Å². The van der Waals surface area contributed by atoms with Crippen molar-refractivity contribution in [1.82, 2.24) is 19.7 Å². The van der Waals surface area contributed by atoms with E-state index in [2.05, 4.69) is 28.2 Å². The fourth-order valence-corrected chi connectivity index (χ4v) is 2.52. The molecule has 8 heteroatoms. The van der Waals surface area contributed by atoms with Crippen LogP contribution in [0.3, 0.4) is 0 Å². The van der Waals surface area contributed by atoms with Crippen LogP contribution < -0.4 is 11.5 Å². The number of fused-ring (bicyclic) bond motifs is 1. The molecule has 0 spiro atoms. The molecule has 2 aromatic heterocycles. The molecule has 0 aliphatic carbocycles. The van der Waals surface area contributed by atoms with Crippen molar-refractivity contribution < 1.29 is 4.79 Å². The van der Waals surface area contributed by atoms with E-state index in [0.29, 0.717) is 27.8 Å². The lowest BCUT2D eigenvalue weighted by Crippen LogP contribution is -2.11. The molecule has 2 heterocycles. The predicted molar refractivity (Wildman–Crippen MR) is 100 cm³/mol. The highest BCUT2D eigenvalue weighted by molar-refractivity contribution is 7.99. The molecule has 2 rings (SSSR count). The molecule has 0 aliphatic heterocycles. The first-order valence-corrected chi connectivity index (χ1v) is 8.22. The molecule has 0 aromatic carbocycles. The van der Waals surface area contributed by atoms with Crippen LogP contribution in [0, 0.1) is 0 Å². The Morgan fingerprint density at radius 1 is 1.42 bits per heavy atom. The number of nitrogen functional groups attached to an aromatic ring is 1. The number of anilines is 1. The van der Waals surface area contributed by atoms with Crippen LogP contribution in [-0.2, 0) is 4.79 Å². The summed E-state index contributed by atoms with van der Waals surface area (Å²) in [7, 11) is 0. The van der Waals surface area contributed by atoms with Gasteiger partial charge in [0.05, 0.1) is 11.6 Å². The smallest absolute Gasteiger partial charge is 0.218 e. The Morgan fingerprint density at radius 3 is 2.67 bits per heavy atom. The Kier molecular flexibility index (Phi) is 7.70. The van der Waals surface area contributed by atoms with E-state index >= 15 is 0 Å².